The number of hydrogen-bond donors (Lipinski definition) is 1. The van der Waals surface area contributed by atoms with Crippen molar-refractivity contribution in [1.29, 1.82) is 0 Å². The van der Waals surface area contributed by atoms with Crippen molar-refractivity contribution in [2.45, 2.75) is 52.0 Å². The molecule has 132 valence electrons. The van der Waals surface area contributed by atoms with Gasteiger partial charge in [0.05, 0.1) is 0 Å². The Balaban J connectivity index is 0.00000192. The molecule has 0 aromatic rings. The van der Waals surface area contributed by atoms with Crippen LogP contribution in [-0.4, -0.2) is 61.1 Å². The maximum Gasteiger partial charge on any atom is 0.193 e. The number of halogens is 1. The zero-order valence-corrected chi connectivity index (χ0v) is 17.1. The molecule has 3 aliphatic rings. The topological polar surface area (TPSA) is 30.9 Å². The molecule has 23 heavy (non-hydrogen) atoms. The Hall–Kier alpha value is -0.300. The van der Waals surface area contributed by atoms with Crippen LogP contribution in [0.15, 0.2) is 17.1 Å². The summed E-state index contributed by atoms with van der Waals surface area (Å²) in [5.74, 6) is 1.14. The average molecular weight is 432 g/mol. The molecule has 1 N–H and O–H groups in total. The predicted molar refractivity (Wildman–Crippen MR) is 109 cm³/mol. The number of nitrogens with zero attached hydrogens (tertiary/aromatic N) is 3. The third kappa shape index (κ3) is 4.84. The SMILES string of the molecule is CCNC(=NCC1(C)CCCC1)N1CCC(N2CC=CC2)C1.I. The van der Waals surface area contributed by atoms with Crippen molar-refractivity contribution in [1.82, 2.24) is 15.1 Å². The second-order valence-electron chi connectivity index (χ2n) is 7.50. The molecule has 4 nitrogen and oxygen atoms in total. The quantitative estimate of drug-likeness (QED) is 0.321. The van der Waals surface area contributed by atoms with Crippen molar-refractivity contribution in [3.05, 3.63) is 12.2 Å². The van der Waals surface area contributed by atoms with Crippen molar-refractivity contribution in [3.63, 3.8) is 0 Å². The molecule has 2 fully saturated rings. The Morgan fingerprint density at radius 3 is 2.61 bits per heavy atom. The first-order valence-electron chi connectivity index (χ1n) is 9.12. The normalized spacial score (nSPS) is 27.5. The van der Waals surface area contributed by atoms with Gasteiger partial charge >= 0.3 is 0 Å². The molecule has 2 heterocycles. The van der Waals surface area contributed by atoms with E-state index in [0.717, 1.165) is 45.2 Å². The van der Waals surface area contributed by atoms with Gasteiger partial charge in [0.2, 0.25) is 0 Å². The molecular weight excluding hydrogens is 399 g/mol. The first-order chi connectivity index (χ1) is 10.7. The van der Waals surface area contributed by atoms with Crippen LogP contribution in [0.2, 0.25) is 0 Å². The molecule has 0 aromatic carbocycles. The summed E-state index contributed by atoms with van der Waals surface area (Å²) < 4.78 is 0. The summed E-state index contributed by atoms with van der Waals surface area (Å²) in [6, 6.07) is 0.695. The average Bonchev–Trinajstić information content (AvgIpc) is 3.24. The summed E-state index contributed by atoms with van der Waals surface area (Å²) in [4.78, 5) is 10.1. The van der Waals surface area contributed by atoms with Crippen LogP contribution in [0.25, 0.3) is 0 Å². The van der Waals surface area contributed by atoms with E-state index in [1.807, 2.05) is 0 Å². The largest absolute Gasteiger partial charge is 0.357 e. The van der Waals surface area contributed by atoms with Crippen molar-refractivity contribution in [2.24, 2.45) is 10.4 Å². The van der Waals surface area contributed by atoms with Gasteiger partial charge in [0.15, 0.2) is 5.96 Å². The first kappa shape index (κ1) is 19.0. The minimum atomic E-state index is 0. The number of likely N-dealkylation sites (tertiary alicyclic amines) is 1. The third-order valence-corrected chi connectivity index (χ3v) is 5.58. The van der Waals surface area contributed by atoms with E-state index in [-0.39, 0.29) is 24.0 Å². The monoisotopic (exact) mass is 432 g/mol. The van der Waals surface area contributed by atoms with Gasteiger partial charge in [0.1, 0.15) is 0 Å². The molecule has 0 aromatic heterocycles. The molecule has 2 aliphatic heterocycles. The lowest BCUT2D eigenvalue weighted by Gasteiger charge is -2.27. The summed E-state index contributed by atoms with van der Waals surface area (Å²) in [5, 5.41) is 3.52. The number of guanidine groups is 1. The number of aliphatic imine (C=N–C) groups is 1. The predicted octanol–water partition coefficient (Wildman–Crippen LogP) is 3.10. The Morgan fingerprint density at radius 1 is 1.26 bits per heavy atom. The van der Waals surface area contributed by atoms with Gasteiger partial charge < -0.3 is 10.2 Å². The smallest absolute Gasteiger partial charge is 0.193 e. The lowest BCUT2D eigenvalue weighted by Crippen LogP contribution is -2.43. The summed E-state index contributed by atoms with van der Waals surface area (Å²) in [7, 11) is 0. The van der Waals surface area contributed by atoms with Crippen LogP contribution in [0.4, 0.5) is 0 Å². The first-order valence-corrected chi connectivity index (χ1v) is 9.12. The van der Waals surface area contributed by atoms with E-state index in [9.17, 15) is 0 Å². The maximum atomic E-state index is 5.01. The van der Waals surface area contributed by atoms with E-state index in [2.05, 4.69) is 41.1 Å². The van der Waals surface area contributed by atoms with Crippen LogP contribution < -0.4 is 5.32 Å². The third-order valence-electron chi connectivity index (χ3n) is 5.58. The number of rotatable bonds is 4. The fourth-order valence-electron chi connectivity index (χ4n) is 4.10. The minimum Gasteiger partial charge on any atom is -0.357 e. The highest BCUT2D eigenvalue weighted by Gasteiger charge is 2.31. The minimum absolute atomic E-state index is 0. The van der Waals surface area contributed by atoms with Gasteiger partial charge in [0, 0.05) is 45.3 Å². The second-order valence-corrected chi connectivity index (χ2v) is 7.50. The second kappa shape index (κ2) is 8.70. The van der Waals surface area contributed by atoms with Crippen LogP contribution in [0.1, 0.15) is 46.0 Å². The van der Waals surface area contributed by atoms with Gasteiger partial charge in [-0.1, -0.05) is 31.9 Å². The van der Waals surface area contributed by atoms with Gasteiger partial charge in [0.25, 0.3) is 0 Å². The van der Waals surface area contributed by atoms with E-state index in [1.165, 1.54) is 32.1 Å². The van der Waals surface area contributed by atoms with Gasteiger partial charge in [-0.2, -0.15) is 0 Å². The lowest BCUT2D eigenvalue weighted by molar-refractivity contribution is 0.259. The standard InChI is InChI=1S/C18H32N4.HI/c1-3-19-17(20-15-18(2)9-4-5-10-18)22-13-8-16(14-22)21-11-6-7-12-21;/h6-7,16H,3-5,8-15H2,1-2H3,(H,19,20);1H. The van der Waals surface area contributed by atoms with Crippen molar-refractivity contribution in [2.75, 3.05) is 39.3 Å². The Kier molecular flexibility index (Phi) is 7.19. The molecule has 1 unspecified atom stereocenters. The Bertz CT molecular complexity index is 421. The maximum absolute atomic E-state index is 5.01. The van der Waals surface area contributed by atoms with Gasteiger partial charge in [-0.25, -0.2) is 0 Å². The molecule has 0 bridgehead atoms. The van der Waals surface area contributed by atoms with Crippen LogP contribution >= 0.6 is 24.0 Å². The molecule has 1 atom stereocenters. The van der Waals surface area contributed by atoms with Gasteiger partial charge in [-0.15, -0.1) is 24.0 Å². The van der Waals surface area contributed by atoms with Crippen molar-refractivity contribution >= 4 is 29.9 Å². The Labute approximate surface area is 158 Å². The van der Waals surface area contributed by atoms with Crippen molar-refractivity contribution < 1.29 is 0 Å². The van der Waals surface area contributed by atoms with E-state index < -0.39 is 0 Å². The highest BCUT2D eigenvalue weighted by molar-refractivity contribution is 14.0. The molecule has 3 rings (SSSR count). The van der Waals surface area contributed by atoms with E-state index in [4.69, 9.17) is 4.99 Å². The zero-order chi connectivity index (χ0) is 15.4. The molecule has 1 saturated carbocycles. The van der Waals surface area contributed by atoms with Crippen LogP contribution in [0, 0.1) is 5.41 Å². The highest BCUT2D eigenvalue weighted by atomic mass is 127. The highest BCUT2D eigenvalue weighted by Crippen LogP contribution is 2.37. The van der Waals surface area contributed by atoms with Crippen molar-refractivity contribution in [3.8, 4) is 0 Å². The number of nitrogens with one attached hydrogen (secondary N) is 1. The zero-order valence-electron chi connectivity index (χ0n) is 14.8. The van der Waals surface area contributed by atoms with Crippen LogP contribution in [0.5, 0.6) is 0 Å². The lowest BCUT2D eigenvalue weighted by atomic mass is 9.89. The fraction of sp³-hybridized carbons (Fsp3) is 0.833. The summed E-state index contributed by atoms with van der Waals surface area (Å²) >= 11 is 0. The van der Waals surface area contributed by atoms with E-state index >= 15 is 0 Å². The summed E-state index contributed by atoms with van der Waals surface area (Å²) in [6.45, 7) is 11.1. The molecule has 0 radical (unpaired) electrons. The van der Waals surface area contributed by atoms with Crippen LogP contribution in [-0.2, 0) is 0 Å². The fourth-order valence-corrected chi connectivity index (χ4v) is 4.10. The summed E-state index contributed by atoms with van der Waals surface area (Å²) in [5.41, 5.74) is 0.443. The van der Waals surface area contributed by atoms with E-state index in [1.54, 1.807) is 0 Å². The molecule has 0 spiro atoms. The molecular formula is C18H33IN4. The molecule has 0 amide bonds. The van der Waals surface area contributed by atoms with Gasteiger partial charge in [-0.3, -0.25) is 9.89 Å². The van der Waals surface area contributed by atoms with E-state index in [0.29, 0.717) is 11.5 Å². The van der Waals surface area contributed by atoms with Crippen LogP contribution in [0.3, 0.4) is 0 Å². The molecule has 5 heteroatoms. The molecule has 1 saturated heterocycles. The Morgan fingerprint density at radius 2 is 1.96 bits per heavy atom. The number of hydrogen-bond acceptors (Lipinski definition) is 2. The van der Waals surface area contributed by atoms with Gasteiger partial charge in [-0.05, 0) is 31.6 Å². The molecule has 1 aliphatic carbocycles. The summed E-state index contributed by atoms with van der Waals surface area (Å²) in [6.07, 6.45) is 11.3.